The molecule has 0 bridgehead atoms. The Bertz CT molecular complexity index is 2430. The fourth-order valence-electron chi connectivity index (χ4n) is 7.58. The van der Waals surface area contributed by atoms with E-state index in [9.17, 15) is 0 Å². The highest BCUT2D eigenvalue weighted by Gasteiger charge is 2.37. The zero-order valence-corrected chi connectivity index (χ0v) is 25.1. The van der Waals surface area contributed by atoms with Crippen molar-refractivity contribution in [1.82, 2.24) is 0 Å². The van der Waals surface area contributed by atoms with Gasteiger partial charge in [-0.3, -0.25) is 0 Å². The van der Waals surface area contributed by atoms with Crippen molar-refractivity contribution in [3.8, 4) is 11.1 Å². The van der Waals surface area contributed by atoms with Crippen molar-refractivity contribution in [2.24, 2.45) is 0 Å². The Morgan fingerprint density at radius 2 is 1.30 bits per heavy atom. The first-order valence-electron chi connectivity index (χ1n) is 15.4. The summed E-state index contributed by atoms with van der Waals surface area (Å²) in [6.45, 7) is 6.88. The number of rotatable bonds is 3. The molecule has 0 fully saturated rings. The van der Waals surface area contributed by atoms with E-state index in [1.165, 1.54) is 49.4 Å². The van der Waals surface area contributed by atoms with Crippen molar-refractivity contribution in [3.63, 3.8) is 0 Å². The van der Waals surface area contributed by atoms with Crippen LogP contribution in [0.4, 0.5) is 17.1 Å². The van der Waals surface area contributed by atoms with Crippen LogP contribution in [0.5, 0.6) is 0 Å². The molecule has 0 saturated heterocycles. The molecule has 1 aromatic heterocycles. The number of para-hydroxylation sites is 2. The summed E-state index contributed by atoms with van der Waals surface area (Å²) in [5.74, 6) is 0. The number of anilines is 3. The predicted octanol–water partition coefficient (Wildman–Crippen LogP) is 12.0. The smallest absolute Gasteiger partial charge is 0.159 e. The number of fused-ring (bicyclic) bond motifs is 10. The van der Waals surface area contributed by atoms with Gasteiger partial charge < -0.3 is 9.32 Å². The Kier molecular flexibility index (Phi) is 5.20. The molecule has 0 spiro atoms. The topological polar surface area (TPSA) is 16.4 Å². The molecule has 0 radical (unpaired) electrons. The molecule has 2 heteroatoms. The second kappa shape index (κ2) is 9.08. The van der Waals surface area contributed by atoms with Crippen molar-refractivity contribution < 1.29 is 4.42 Å². The molecular formula is C42H31NO. The quantitative estimate of drug-likeness (QED) is 0.212. The van der Waals surface area contributed by atoms with Crippen LogP contribution in [0.25, 0.3) is 54.6 Å². The maximum Gasteiger partial charge on any atom is 0.159 e. The summed E-state index contributed by atoms with van der Waals surface area (Å²) >= 11 is 0. The Balaban J connectivity index is 1.28. The molecule has 1 heterocycles. The van der Waals surface area contributed by atoms with Crippen LogP contribution < -0.4 is 4.90 Å². The van der Waals surface area contributed by atoms with Gasteiger partial charge in [0, 0.05) is 27.6 Å². The largest absolute Gasteiger partial charge is 0.454 e. The third-order valence-corrected chi connectivity index (χ3v) is 9.67. The van der Waals surface area contributed by atoms with Gasteiger partial charge in [0.05, 0.1) is 5.69 Å². The average molecular weight is 566 g/mol. The number of furan rings is 1. The first-order valence-corrected chi connectivity index (χ1v) is 15.4. The molecule has 1 aliphatic rings. The first-order chi connectivity index (χ1) is 21.5. The molecule has 8 aromatic rings. The van der Waals surface area contributed by atoms with Crippen molar-refractivity contribution in [2.75, 3.05) is 4.90 Å². The van der Waals surface area contributed by atoms with E-state index in [1.54, 1.807) is 0 Å². The van der Waals surface area contributed by atoms with Gasteiger partial charge in [-0.1, -0.05) is 116 Å². The molecule has 7 aromatic carbocycles. The summed E-state index contributed by atoms with van der Waals surface area (Å²) in [5, 5.41) is 7.43. The van der Waals surface area contributed by atoms with E-state index in [1.807, 2.05) is 6.07 Å². The lowest BCUT2D eigenvalue weighted by Crippen LogP contribution is -2.15. The van der Waals surface area contributed by atoms with E-state index in [0.29, 0.717) is 0 Å². The molecule has 2 nitrogen and oxygen atoms in total. The van der Waals surface area contributed by atoms with Gasteiger partial charge in [-0.05, 0) is 87.1 Å². The fourth-order valence-corrected chi connectivity index (χ4v) is 7.58. The van der Waals surface area contributed by atoms with Gasteiger partial charge in [0.25, 0.3) is 0 Å². The molecule has 0 aliphatic heterocycles. The average Bonchev–Trinajstić information content (AvgIpc) is 3.55. The van der Waals surface area contributed by atoms with Crippen molar-refractivity contribution in [2.45, 2.75) is 26.2 Å². The molecule has 44 heavy (non-hydrogen) atoms. The standard InChI is InChI=1S/C42H31NO/c1-26-15-19-29(20-16-26)43(37-13-8-12-34-33-11-6-7-14-38(33)44-41(34)37)30-21-23-32-28(25-30)17-22-35-39-31-10-5-4-9-27(31)18-24-36(39)42(2,3)40(32)35/h4-25H,1-3H3. The highest BCUT2D eigenvalue weighted by atomic mass is 16.3. The van der Waals surface area contributed by atoms with E-state index in [-0.39, 0.29) is 5.41 Å². The second-order valence-corrected chi connectivity index (χ2v) is 12.7. The Labute approximate surface area is 256 Å². The van der Waals surface area contributed by atoms with E-state index in [4.69, 9.17) is 4.42 Å². The van der Waals surface area contributed by atoms with E-state index < -0.39 is 0 Å². The van der Waals surface area contributed by atoms with Gasteiger partial charge in [0.2, 0.25) is 0 Å². The first kappa shape index (κ1) is 25.2. The molecule has 0 saturated carbocycles. The minimum Gasteiger partial charge on any atom is -0.454 e. The summed E-state index contributed by atoms with van der Waals surface area (Å²) in [5.41, 5.74) is 11.7. The maximum atomic E-state index is 6.54. The minimum atomic E-state index is -0.105. The number of hydrogen-bond donors (Lipinski definition) is 0. The van der Waals surface area contributed by atoms with Crippen LogP contribution in [0, 0.1) is 6.92 Å². The van der Waals surface area contributed by atoms with Crippen LogP contribution in [0.15, 0.2) is 138 Å². The van der Waals surface area contributed by atoms with Crippen LogP contribution in [0.3, 0.4) is 0 Å². The van der Waals surface area contributed by atoms with Gasteiger partial charge in [-0.25, -0.2) is 0 Å². The third kappa shape index (κ3) is 3.48. The van der Waals surface area contributed by atoms with Crippen molar-refractivity contribution in [3.05, 3.63) is 150 Å². The fraction of sp³-hybridized carbons (Fsp3) is 0.0952. The number of benzene rings is 7. The van der Waals surface area contributed by atoms with Gasteiger partial charge >= 0.3 is 0 Å². The van der Waals surface area contributed by atoms with E-state index in [2.05, 4.69) is 153 Å². The summed E-state index contributed by atoms with van der Waals surface area (Å²) in [7, 11) is 0. The minimum absolute atomic E-state index is 0.105. The molecule has 1 aliphatic carbocycles. The maximum absolute atomic E-state index is 6.54. The monoisotopic (exact) mass is 565 g/mol. The molecular weight excluding hydrogens is 534 g/mol. The SMILES string of the molecule is Cc1ccc(N(c2ccc3c4c(ccc3c2)-c2c(ccc3ccccc23)C4(C)C)c2cccc3c2oc2ccccc23)cc1. The van der Waals surface area contributed by atoms with E-state index in [0.717, 1.165) is 39.0 Å². The molecule has 210 valence electrons. The normalized spacial score (nSPS) is 13.5. The van der Waals surface area contributed by atoms with Crippen LogP contribution in [0.1, 0.15) is 30.5 Å². The summed E-state index contributed by atoms with van der Waals surface area (Å²) in [6.07, 6.45) is 0. The lowest BCUT2D eigenvalue weighted by atomic mass is 9.80. The van der Waals surface area contributed by atoms with Crippen molar-refractivity contribution in [1.29, 1.82) is 0 Å². The molecule has 9 rings (SSSR count). The Morgan fingerprint density at radius 1 is 0.568 bits per heavy atom. The lowest BCUT2D eigenvalue weighted by molar-refractivity contribution is 0.667. The summed E-state index contributed by atoms with van der Waals surface area (Å²) < 4.78 is 6.54. The third-order valence-electron chi connectivity index (χ3n) is 9.67. The summed E-state index contributed by atoms with van der Waals surface area (Å²) in [4.78, 5) is 2.34. The van der Waals surface area contributed by atoms with Crippen LogP contribution in [-0.4, -0.2) is 0 Å². The zero-order valence-electron chi connectivity index (χ0n) is 25.1. The van der Waals surface area contributed by atoms with Gasteiger partial charge in [-0.15, -0.1) is 0 Å². The predicted molar refractivity (Wildman–Crippen MR) is 186 cm³/mol. The van der Waals surface area contributed by atoms with Gasteiger partial charge in [0.15, 0.2) is 5.58 Å². The second-order valence-electron chi connectivity index (χ2n) is 12.7. The lowest BCUT2D eigenvalue weighted by Gasteiger charge is -2.27. The highest BCUT2D eigenvalue weighted by Crippen LogP contribution is 2.54. The number of nitrogens with zero attached hydrogens (tertiary/aromatic N) is 1. The van der Waals surface area contributed by atoms with Crippen molar-refractivity contribution >= 4 is 60.5 Å². The summed E-state index contributed by atoms with van der Waals surface area (Å²) in [6, 6.07) is 48.5. The van der Waals surface area contributed by atoms with Gasteiger partial charge in [-0.2, -0.15) is 0 Å². The van der Waals surface area contributed by atoms with Crippen LogP contribution in [-0.2, 0) is 5.41 Å². The van der Waals surface area contributed by atoms with E-state index >= 15 is 0 Å². The molecule has 0 N–H and O–H groups in total. The molecule has 0 atom stereocenters. The molecule has 0 unspecified atom stereocenters. The highest BCUT2D eigenvalue weighted by molar-refractivity contribution is 6.11. The number of hydrogen-bond acceptors (Lipinski definition) is 2. The Hall–Kier alpha value is -5.34. The Morgan fingerprint density at radius 3 is 2.16 bits per heavy atom. The zero-order chi connectivity index (χ0) is 29.6. The molecule has 0 amide bonds. The van der Waals surface area contributed by atoms with Crippen LogP contribution in [0.2, 0.25) is 0 Å². The number of aryl methyl sites for hydroxylation is 1. The van der Waals surface area contributed by atoms with Crippen LogP contribution >= 0.6 is 0 Å². The van der Waals surface area contributed by atoms with Gasteiger partial charge in [0.1, 0.15) is 5.58 Å².